The summed E-state index contributed by atoms with van der Waals surface area (Å²) in [5.41, 5.74) is 2.50. The minimum absolute atomic E-state index is 0.0929. The molecule has 3 aromatic carbocycles. The highest BCUT2D eigenvalue weighted by Crippen LogP contribution is 2.42. The van der Waals surface area contributed by atoms with E-state index in [0.717, 1.165) is 25.7 Å². The van der Waals surface area contributed by atoms with Crippen LogP contribution in [0.15, 0.2) is 66.7 Å². The van der Waals surface area contributed by atoms with Crippen molar-refractivity contribution in [3.8, 4) is 17.2 Å². The van der Waals surface area contributed by atoms with E-state index in [1.54, 1.807) is 36.4 Å². The van der Waals surface area contributed by atoms with E-state index in [4.69, 9.17) is 21.1 Å². The molecule has 1 saturated carbocycles. The molecular formula is C29H28ClNO5. The van der Waals surface area contributed by atoms with Gasteiger partial charge in [0.25, 0.3) is 5.91 Å². The molecule has 1 fully saturated rings. The van der Waals surface area contributed by atoms with Gasteiger partial charge in [-0.1, -0.05) is 41.9 Å². The molecular weight excluding hydrogens is 478 g/mol. The summed E-state index contributed by atoms with van der Waals surface area (Å²) < 4.78 is 11.6. The maximum atomic E-state index is 12.8. The predicted octanol–water partition coefficient (Wildman–Crippen LogP) is 6.54. The van der Waals surface area contributed by atoms with Gasteiger partial charge in [-0.05, 0) is 73.9 Å². The van der Waals surface area contributed by atoms with E-state index in [1.807, 2.05) is 6.07 Å². The monoisotopic (exact) mass is 505 g/mol. The van der Waals surface area contributed by atoms with E-state index in [9.17, 15) is 14.7 Å². The molecule has 1 heterocycles. The van der Waals surface area contributed by atoms with Gasteiger partial charge < -0.3 is 19.9 Å². The van der Waals surface area contributed by atoms with E-state index in [-0.39, 0.29) is 11.9 Å². The van der Waals surface area contributed by atoms with Crippen molar-refractivity contribution in [3.05, 3.63) is 88.4 Å². The van der Waals surface area contributed by atoms with Crippen LogP contribution in [-0.4, -0.2) is 29.6 Å². The summed E-state index contributed by atoms with van der Waals surface area (Å²) in [6, 6.07) is 20.9. The summed E-state index contributed by atoms with van der Waals surface area (Å²) in [5, 5.41) is 12.9. The lowest BCUT2D eigenvalue weighted by Crippen LogP contribution is -2.37. The number of fused-ring (bicyclic) bond motifs is 1. The lowest BCUT2D eigenvalue weighted by atomic mass is 9.82. The quantitative estimate of drug-likeness (QED) is 0.397. The Bertz CT molecular complexity index is 1240. The standard InChI is InChI=1S/C29H28ClNO5/c30-25-16-24-23(29(33)34)14-15-35-26(24)17-27(25)36-22-12-8-20(9-13-22)28(32)31-21-10-6-19(7-11-21)18-4-2-1-3-5-18/h1-5,8-9,12-13,16-17,19,21,23H,6-7,10-11,14-15H2,(H,31,32)(H,33,34)/t19-,21+,23?. The lowest BCUT2D eigenvalue weighted by molar-refractivity contribution is -0.139. The van der Waals surface area contributed by atoms with Crippen LogP contribution < -0.4 is 14.8 Å². The fourth-order valence-electron chi connectivity index (χ4n) is 5.09. The normalized spacial score (nSPS) is 21.1. The van der Waals surface area contributed by atoms with Crippen LogP contribution in [0.4, 0.5) is 0 Å². The number of carbonyl (C=O) groups excluding carboxylic acids is 1. The van der Waals surface area contributed by atoms with Crippen LogP contribution in [0.2, 0.25) is 5.02 Å². The summed E-state index contributed by atoms with van der Waals surface area (Å²) in [5.74, 6) is 0.271. The number of halogens is 1. The molecule has 0 aromatic heterocycles. The highest BCUT2D eigenvalue weighted by molar-refractivity contribution is 6.32. The minimum Gasteiger partial charge on any atom is -0.493 e. The van der Waals surface area contributed by atoms with Crippen LogP contribution in [0.1, 0.15) is 65.4 Å². The van der Waals surface area contributed by atoms with Gasteiger partial charge in [0.2, 0.25) is 0 Å². The largest absolute Gasteiger partial charge is 0.493 e. The SMILES string of the molecule is O=C(N[C@H]1CC[C@@H](c2ccccc2)CC1)c1ccc(Oc2cc3c(cc2Cl)C(C(=O)O)CCO3)cc1. The number of carboxylic acids is 1. The molecule has 1 unspecified atom stereocenters. The van der Waals surface area contributed by atoms with Gasteiger partial charge in [0.1, 0.15) is 17.2 Å². The van der Waals surface area contributed by atoms with Crippen molar-refractivity contribution in [3.63, 3.8) is 0 Å². The van der Waals surface area contributed by atoms with Crippen molar-refractivity contribution in [1.29, 1.82) is 0 Å². The third kappa shape index (κ3) is 5.34. The van der Waals surface area contributed by atoms with E-state index in [1.165, 1.54) is 5.56 Å². The highest BCUT2D eigenvalue weighted by atomic mass is 35.5. The molecule has 1 atom stereocenters. The number of amides is 1. The van der Waals surface area contributed by atoms with Crippen molar-refractivity contribution in [1.82, 2.24) is 5.32 Å². The number of ether oxygens (including phenoxy) is 2. The van der Waals surface area contributed by atoms with Crippen LogP contribution in [0, 0.1) is 0 Å². The number of carbonyl (C=O) groups is 2. The van der Waals surface area contributed by atoms with Crippen LogP contribution in [0.5, 0.6) is 17.2 Å². The molecule has 3 aromatic rings. The van der Waals surface area contributed by atoms with Crippen LogP contribution in [-0.2, 0) is 4.79 Å². The van der Waals surface area contributed by atoms with Gasteiger partial charge in [0.05, 0.1) is 17.5 Å². The Labute approximate surface area is 215 Å². The number of benzene rings is 3. The van der Waals surface area contributed by atoms with E-state index >= 15 is 0 Å². The van der Waals surface area contributed by atoms with Crippen molar-refractivity contribution in [2.24, 2.45) is 0 Å². The van der Waals surface area contributed by atoms with Crippen molar-refractivity contribution in [2.45, 2.75) is 50.0 Å². The lowest BCUT2D eigenvalue weighted by Gasteiger charge is -2.29. The van der Waals surface area contributed by atoms with Gasteiger partial charge in [0.15, 0.2) is 0 Å². The molecule has 2 N–H and O–H groups in total. The van der Waals surface area contributed by atoms with Crippen LogP contribution in [0.3, 0.4) is 0 Å². The summed E-state index contributed by atoms with van der Waals surface area (Å²) in [6.07, 6.45) is 4.47. The maximum Gasteiger partial charge on any atom is 0.311 e. The third-order valence-electron chi connectivity index (χ3n) is 7.08. The zero-order chi connectivity index (χ0) is 25.1. The molecule has 2 aliphatic rings. The summed E-state index contributed by atoms with van der Waals surface area (Å²) in [6.45, 7) is 0.322. The molecule has 1 aliphatic carbocycles. The molecule has 0 saturated heterocycles. The molecule has 36 heavy (non-hydrogen) atoms. The second-order valence-corrected chi connectivity index (χ2v) is 9.81. The van der Waals surface area contributed by atoms with Crippen molar-refractivity contribution >= 4 is 23.5 Å². The van der Waals surface area contributed by atoms with Gasteiger partial charge in [-0.3, -0.25) is 9.59 Å². The fourth-order valence-corrected chi connectivity index (χ4v) is 5.30. The molecule has 5 rings (SSSR count). The Hall–Kier alpha value is -3.51. The molecule has 0 spiro atoms. The third-order valence-corrected chi connectivity index (χ3v) is 7.37. The number of rotatable bonds is 6. The second kappa shape index (κ2) is 10.6. The Kier molecular flexibility index (Phi) is 7.14. The topological polar surface area (TPSA) is 84.9 Å². The van der Waals surface area contributed by atoms with E-state index in [2.05, 4.69) is 29.6 Å². The summed E-state index contributed by atoms with van der Waals surface area (Å²) in [7, 11) is 0. The number of hydrogen-bond acceptors (Lipinski definition) is 4. The number of nitrogens with one attached hydrogen (secondary N) is 1. The highest BCUT2D eigenvalue weighted by Gasteiger charge is 2.29. The smallest absolute Gasteiger partial charge is 0.311 e. The van der Waals surface area contributed by atoms with Crippen LogP contribution in [0.25, 0.3) is 0 Å². The van der Waals surface area contributed by atoms with Gasteiger partial charge in [-0.2, -0.15) is 0 Å². The Morgan fingerprint density at radius 3 is 2.36 bits per heavy atom. The van der Waals surface area contributed by atoms with Crippen molar-refractivity contribution < 1.29 is 24.2 Å². The predicted molar refractivity (Wildman–Crippen MR) is 137 cm³/mol. The zero-order valence-corrected chi connectivity index (χ0v) is 20.5. The Morgan fingerprint density at radius 2 is 1.67 bits per heavy atom. The second-order valence-electron chi connectivity index (χ2n) is 9.41. The van der Waals surface area contributed by atoms with Gasteiger partial charge >= 0.3 is 5.97 Å². The van der Waals surface area contributed by atoms with Gasteiger partial charge in [-0.15, -0.1) is 0 Å². The molecule has 7 heteroatoms. The molecule has 1 amide bonds. The number of carboxylic acid groups (broad SMARTS) is 1. The number of hydrogen-bond donors (Lipinski definition) is 2. The van der Waals surface area contributed by atoms with Crippen molar-refractivity contribution in [2.75, 3.05) is 6.61 Å². The molecule has 0 radical (unpaired) electrons. The van der Waals surface area contributed by atoms with Gasteiger partial charge in [0, 0.05) is 23.2 Å². The average molecular weight is 506 g/mol. The zero-order valence-electron chi connectivity index (χ0n) is 19.8. The van der Waals surface area contributed by atoms with Gasteiger partial charge in [-0.25, -0.2) is 0 Å². The van der Waals surface area contributed by atoms with E-state index < -0.39 is 11.9 Å². The summed E-state index contributed by atoms with van der Waals surface area (Å²) >= 11 is 6.38. The summed E-state index contributed by atoms with van der Waals surface area (Å²) in [4.78, 5) is 24.3. The fraction of sp³-hybridized carbons (Fsp3) is 0.310. The molecule has 0 bridgehead atoms. The maximum absolute atomic E-state index is 12.8. The first kappa shape index (κ1) is 24.2. The number of aliphatic carboxylic acids is 1. The Balaban J connectivity index is 1.19. The first-order valence-corrected chi connectivity index (χ1v) is 12.7. The average Bonchev–Trinajstić information content (AvgIpc) is 2.90. The first-order chi connectivity index (χ1) is 17.5. The Morgan fingerprint density at radius 1 is 0.944 bits per heavy atom. The van der Waals surface area contributed by atoms with Crippen LogP contribution >= 0.6 is 11.6 Å². The molecule has 186 valence electrons. The molecule has 6 nitrogen and oxygen atoms in total. The molecule has 1 aliphatic heterocycles. The first-order valence-electron chi connectivity index (χ1n) is 12.3. The minimum atomic E-state index is -0.901. The van der Waals surface area contributed by atoms with E-state index in [0.29, 0.717) is 52.3 Å².